The molecule has 0 spiro atoms. The molecule has 0 saturated carbocycles. The number of hydrogen-bond donors (Lipinski definition) is 1. The number of carbonyl (C=O) groups is 1. The van der Waals surface area contributed by atoms with Gasteiger partial charge in [-0.1, -0.05) is 12.2 Å². The lowest BCUT2D eigenvalue weighted by molar-refractivity contribution is 0.0778. The lowest BCUT2D eigenvalue weighted by atomic mass is 10.1. The zero-order chi connectivity index (χ0) is 13.9. The van der Waals surface area contributed by atoms with Gasteiger partial charge in [0.25, 0.3) is 5.91 Å². The SMILES string of the molecule is CCN(CC(N)=S)C(=O)c1c(F)cc(F)cc1F. The molecule has 1 aromatic carbocycles. The van der Waals surface area contributed by atoms with Crippen LogP contribution in [0.3, 0.4) is 0 Å². The van der Waals surface area contributed by atoms with E-state index in [1.54, 1.807) is 6.92 Å². The highest BCUT2D eigenvalue weighted by Gasteiger charge is 2.23. The predicted octanol–water partition coefficient (Wildman–Crippen LogP) is 1.85. The van der Waals surface area contributed by atoms with Crippen LogP contribution in [0.15, 0.2) is 12.1 Å². The fraction of sp³-hybridized carbons (Fsp3) is 0.273. The first-order chi connectivity index (χ1) is 8.36. The zero-order valence-electron chi connectivity index (χ0n) is 9.54. The van der Waals surface area contributed by atoms with Gasteiger partial charge in [-0.05, 0) is 6.92 Å². The molecular weight excluding hydrogens is 265 g/mol. The maximum absolute atomic E-state index is 13.4. The Kier molecular flexibility index (Phi) is 4.66. The van der Waals surface area contributed by atoms with Gasteiger partial charge in [0.1, 0.15) is 23.0 Å². The molecule has 0 heterocycles. The van der Waals surface area contributed by atoms with E-state index in [4.69, 9.17) is 5.73 Å². The van der Waals surface area contributed by atoms with Crippen LogP contribution in [0.1, 0.15) is 17.3 Å². The van der Waals surface area contributed by atoms with Crippen molar-refractivity contribution in [3.63, 3.8) is 0 Å². The fourth-order valence-corrected chi connectivity index (χ4v) is 1.58. The van der Waals surface area contributed by atoms with Gasteiger partial charge in [0, 0.05) is 18.7 Å². The molecule has 1 aromatic rings. The van der Waals surface area contributed by atoms with Crippen molar-refractivity contribution >= 4 is 23.1 Å². The largest absolute Gasteiger partial charge is 0.392 e. The topological polar surface area (TPSA) is 46.3 Å². The second-order valence-corrected chi connectivity index (χ2v) is 4.05. The van der Waals surface area contributed by atoms with Crippen LogP contribution >= 0.6 is 12.2 Å². The van der Waals surface area contributed by atoms with Gasteiger partial charge in [-0.3, -0.25) is 4.79 Å². The number of thiocarbonyl (C=S) groups is 1. The van der Waals surface area contributed by atoms with Crippen molar-refractivity contribution in [3.8, 4) is 0 Å². The number of nitrogens with two attached hydrogens (primary N) is 1. The third-order valence-corrected chi connectivity index (χ3v) is 2.37. The van der Waals surface area contributed by atoms with E-state index in [1.807, 2.05) is 0 Å². The number of halogens is 3. The van der Waals surface area contributed by atoms with E-state index in [-0.39, 0.29) is 18.1 Å². The van der Waals surface area contributed by atoms with Crippen molar-refractivity contribution in [1.29, 1.82) is 0 Å². The monoisotopic (exact) mass is 276 g/mol. The molecule has 1 rings (SSSR count). The molecule has 98 valence electrons. The van der Waals surface area contributed by atoms with Gasteiger partial charge in [-0.25, -0.2) is 13.2 Å². The average Bonchev–Trinajstić information content (AvgIpc) is 2.23. The van der Waals surface area contributed by atoms with Crippen LogP contribution in [-0.2, 0) is 0 Å². The number of nitrogens with zero attached hydrogens (tertiary/aromatic N) is 1. The standard InChI is InChI=1S/C11H11F3N2OS/c1-2-16(5-9(15)18)11(17)10-7(13)3-6(12)4-8(10)14/h3-4H,2,5H2,1H3,(H2,15,18). The molecule has 3 nitrogen and oxygen atoms in total. The highest BCUT2D eigenvalue weighted by Crippen LogP contribution is 2.16. The molecule has 0 radical (unpaired) electrons. The Morgan fingerprint density at radius 3 is 2.22 bits per heavy atom. The summed E-state index contributed by atoms with van der Waals surface area (Å²) in [6.07, 6.45) is 0. The van der Waals surface area contributed by atoms with Crippen LogP contribution in [0.4, 0.5) is 13.2 Å². The summed E-state index contributed by atoms with van der Waals surface area (Å²) >= 11 is 4.63. The molecule has 0 bridgehead atoms. The van der Waals surface area contributed by atoms with E-state index in [1.165, 1.54) is 0 Å². The Morgan fingerprint density at radius 1 is 1.33 bits per heavy atom. The molecule has 0 aliphatic carbocycles. The van der Waals surface area contributed by atoms with E-state index in [0.717, 1.165) is 4.90 Å². The van der Waals surface area contributed by atoms with Crippen LogP contribution in [0, 0.1) is 17.5 Å². The minimum Gasteiger partial charge on any atom is -0.392 e. The first-order valence-corrected chi connectivity index (χ1v) is 5.49. The molecule has 0 aliphatic heterocycles. The first kappa shape index (κ1) is 14.4. The number of amides is 1. The zero-order valence-corrected chi connectivity index (χ0v) is 10.4. The summed E-state index contributed by atoms with van der Waals surface area (Å²) in [4.78, 5) is 13.0. The number of carbonyl (C=O) groups excluding carboxylic acids is 1. The molecule has 0 unspecified atom stereocenters. The Balaban J connectivity index is 3.13. The van der Waals surface area contributed by atoms with Crippen molar-refractivity contribution in [1.82, 2.24) is 4.90 Å². The average molecular weight is 276 g/mol. The molecule has 18 heavy (non-hydrogen) atoms. The summed E-state index contributed by atoms with van der Waals surface area (Å²) in [5.41, 5.74) is 4.46. The second-order valence-electron chi connectivity index (χ2n) is 3.53. The van der Waals surface area contributed by atoms with Crippen LogP contribution < -0.4 is 5.73 Å². The molecule has 0 aliphatic rings. The van der Waals surface area contributed by atoms with Crippen molar-refractivity contribution in [2.75, 3.05) is 13.1 Å². The van der Waals surface area contributed by atoms with Crippen LogP contribution in [0.25, 0.3) is 0 Å². The van der Waals surface area contributed by atoms with E-state index in [9.17, 15) is 18.0 Å². The Labute approximate surface area is 107 Å². The maximum atomic E-state index is 13.4. The number of hydrogen-bond acceptors (Lipinski definition) is 2. The van der Waals surface area contributed by atoms with E-state index in [2.05, 4.69) is 12.2 Å². The first-order valence-electron chi connectivity index (χ1n) is 5.09. The lowest BCUT2D eigenvalue weighted by Gasteiger charge is -2.20. The smallest absolute Gasteiger partial charge is 0.260 e. The third kappa shape index (κ3) is 3.19. The molecule has 0 aromatic heterocycles. The van der Waals surface area contributed by atoms with Gasteiger partial charge in [0.15, 0.2) is 0 Å². The van der Waals surface area contributed by atoms with Crippen molar-refractivity contribution < 1.29 is 18.0 Å². The minimum absolute atomic E-state index is 0.0214. The molecule has 7 heteroatoms. The van der Waals surface area contributed by atoms with Crippen molar-refractivity contribution in [2.45, 2.75) is 6.92 Å². The number of likely N-dealkylation sites (N-methyl/N-ethyl adjacent to an activating group) is 1. The normalized spacial score (nSPS) is 10.2. The summed E-state index contributed by atoms with van der Waals surface area (Å²) in [6.45, 7) is 1.68. The Morgan fingerprint density at radius 2 is 1.83 bits per heavy atom. The quantitative estimate of drug-likeness (QED) is 0.854. The molecule has 0 saturated heterocycles. The highest BCUT2D eigenvalue weighted by atomic mass is 32.1. The van der Waals surface area contributed by atoms with Crippen molar-refractivity contribution in [2.24, 2.45) is 5.73 Å². The van der Waals surface area contributed by atoms with Crippen LogP contribution in [-0.4, -0.2) is 28.9 Å². The van der Waals surface area contributed by atoms with E-state index < -0.39 is 28.9 Å². The fourth-order valence-electron chi connectivity index (χ4n) is 1.42. The molecule has 0 atom stereocenters. The number of rotatable bonds is 4. The van der Waals surface area contributed by atoms with E-state index in [0.29, 0.717) is 12.1 Å². The predicted molar refractivity (Wildman–Crippen MR) is 64.7 cm³/mol. The summed E-state index contributed by atoms with van der Waals surface area (Å²) in [6, 6.07) is 0.899. The van der Waals surface area contributed by atoms with Gasteiger partial charge in [-0.2, -0.15) is 0 Å². The van der Waals surface area contributed by atoms with Crippen LogP contribution in [0.2, 0.25) is 0 Å². The lowest BCUT2D eigenvalue weighted by Crippen LogP contribution is -2.38. The minimum atomic E-state index is -1.25. The molecule has 2 N–H and O–H groups in total. The maximum Gasteiger partial charge on any atom is 0.260 e. The Bertz CT molecular complexity index is 470. The number of benzene rings is 1. The summed E-state index contributed by atoms with van der Waals surface area (Å²) < 4.78 is 39.5. The van der Waals surface area contributed by atoms with Gasteiger partial charge in [0.05, 0.1) is 11.5 Å². The van der Waals surface area contributed by atoms with Gasteiger partial charge < -0.3 is 10.6 Å². The summed E-state index contributed by atoms with van der Waals surface area (Å²) in [7, 11) is 0. The molecule has 1 amide bonds. The highest BCUT2D eigenvalue weighted by molar-refractivity contribution is 7.80. The van der Waals surface area contributed by atoms with Gasteiger partial charge in [0.2, 0.25) is 0 Å². The van der Waals surface area contributed by atoms with Gasteiger partial charge in [-0.15, -0.1) is 0 Å². The summed E-state index contributed by atoms with van der Waals surface area (Å²) in [5, 5.41) is 0. The Hall–Kier alpha value is -1.63. The van der Waals surface area contributed by atoms with Crippen LogP contribution in [0.5, 0.6) is 0 Å². The third-order valence-electron chi connectivity index (χ3n) is 2.24. The van der Waals surface area contributed by atoms with Gasteiger partial charge >= 0.3 is 0 Å². The second kappa shape index (κ2) is 5.81. The molecule has 0 fully saturated rings. The summed E-state index contributed by atoms with van der Waals surface area (Å²) in [5.74, 6) is -4.50. The van der Waals surface area contributed by atoms with E-state index >= 15 is 0 Å². The molecular formula is C11H11F3N2OS. The van der Waals surface area contributed by atoms with Crippen molar-refractivity contribution in [3.05, 3.63) is 35.1 Å².